The van der Waals surface area contributed by atoms with Crippen LogP contribution in [0.4, 0.5) is 15.2 Å². The van der Waals surface area contributed by atoms with Gasteiger partial charge in [-0.25, -0.2) is 17.8 Å². The third kappa shape index (κ3) is 5.25. The van der Waals surface area contributed by atoms with E-state index in [1.807, 2.05) is 0 Å². The molecule has 0 fully saturated rings. The maximum absolute atomic E-state index is 13.1. The van der Waals surface area contributed by atoms with E-state index in [0.29, 0.717) is 5.69 Å². The first-order chi connectivity index (χ1) is 12.9. The van der Waals surface area contributed by atoms with Crippen molar-refractivity contribution in [1.82, 2.24) is 4.98 Å². The van der Waals surface area contributed by atoms with Crippen molar-refractivity contribution in [1.29, 1.82) is 0 Å². The van der Waals surface area contributed by atoms with Crippen molar-refractivity contribution in [3.8, 4) is 5.75 Å². The summed E-state index contributed by atoms with van der Waals surface area (Å²) < 4.78 is 45.1. The van der Waals surface area contributed by atoms with Crippen molar-refractivity contribution >= 4 is 38.1 Å². The summed E-state index contributed by atoms with van der Waals surface area (Å²) in [5.74, 6) is -0.688. The highest BCUT2D eigenvalue weighted by Gasteiger charge is 2.15. The minimum Gasteiger partial charge on any atom is -0.484 e. The van der Waals surface area contributed by atoms with Crippen LogP contribution in [0.2, 0.25) is 0 Å². The summed E-state index contributed by atoms with van der Waals surface area (Å²) in [7, 11) is -3.75. The molecule has 10 heteroatoms. The Balaban J connectivity index is 1.57. The molecule has 2 N–H and O–H groups in total. The molecule has 0 aliphatic heterocycles. The molecular weight excluding hydrogens is 393 g/mol. The van der Waals surface area contributed by atoms with Crippen LogP contribution in [0, 0.1) is 5.82 Å². The molecular formula is C17H14FN3O4S2. The van der Waals surface area contributed by atoms with Gasteiger partial charge in [0.1, 0.15) is 11.6 Å². The summed E-state index contributed by atoms with van der Waals surface area (Å²) in [6, 6.07) is 11.1. The van der Waals surface area contributed by atoms with Gasteiger partial charge in [-0.2, -0.15) is 0 Å². The normalized spacial score (nSPS) is 11.0. The van der Waals surface area contributed by atoms with Gasteiger partial charge in [-0.15, -0.1) is 11.3 Å². The number of rotatable bonds is 7. The Morgan fingerprint density at radius 2 is 1.96 bits per heavy atom. The standard InChI is InChI=1S/C17H14FN3O4S2/c18-12-2-1-3-14(10-12)25-11-16(22)20-13-4-6-15(7-5-13)27(23,24)21-17-19-8-9-26-17/h1-10H,11H2,(H,19,21)(H,20,22). The van der Waals surface area contributed by atoms with Gasteiger partial charge >= 0.3 is 0 Å². The fourth-order valence-corrected chi connectivity index (χ4v) is 3.86. The maximum atomic E-state index is 13.1. The number of halogens is 1. The van der Waals surface area contributed by atoms with E-state index < -0.39 is 21.7 Å². The SMILES string of the molecule is O=C(COc1cccc(F)c1)Nc1ccc(S(=O)(=O)Nc2nccs2)cc1. The smallest absolute Gasteiger partial charge is 0.263 e. The zero-order chi connectivity index (χ0) is 19.3. The lowest BCUT2D eigenvalue weighted by molar-refractivity contribution is -0.118. The van der Waals surface area contributed by atoms with Gasteiger partial charge in [0.05, 0.1) is 4.90 Å². The largest absolute Gasteiger partial charge is 0.484 e. The molecule has 1 aromatic heterocycles. The first-order valence-corrected chi connectivity index (χ1v) is 9.99. The molecule has 0 saturated heterocycles. The third-order valence-corrected chi connectivity index (χ3v) is 5.44. The summed E-state index contributed by atoms with van der Waals surface area (Å²) >= 11 is 1.16. The second-order valence-electron chi connectivity index (χ2n) is 5.26. The molecule has 3 rings (SSSR count). The van der Waals surface area contributed by atoms with Crippen LogP contribution in [-0.4, -0.2) is 25.9 Å². The predicted molar refractivity (Wildman–Crippen MR) is 99.9 cm³/mol. The number of amides is 1. The number of hydrogen-bond acceptors (Lipinski definition) is 6. The Bertz CT molecular complexity index is 1020. The van der Waals surface area contributed by atoms with Crippen LogP contribution in [0.1, 0.15) is 0 Å². The van der Waals surface area contributed by atoms with E-state index in [0.717, 1.165) is 11.3 Å². The molecule has 0 unspecified atom stereocenters. The average Bonchev–Trinajstić information content (AvgIpc) is 3.13. The predicted octanol–water partition coefficient (Wildman–Crippen LogP) is 3.10. The number of nitrogens with one attached hydrogen (secondary N) is 2. The molecule has 7 nitrogen and oxygen atoms in total. The molecule has 3 aromatic rings. The van der Waals surface area contributed by atoms with E-state index in [4.69, 9.17) is 4.74 Å². The van der Waals surface area contributed by atoms with Gasteiger partial charge in [-0.1, -0.05) is 6.07 Å². The quantitative estimate of drug-likeness (QED) is 0.627. The highest BCUT2D eigenvalue weighted by atomic mass is 32.2. The number of ether oxygens (including phenoxy) is 1. The fourth-order valence-electron chi connectivity index (χ4n) is 2.07. The lowest BCUT2D eigenvalue weighted by Crippen LogP contribution is -2.20. The van der Waals surface area contributed by atoms with E-state index in [-0.39, 0.29) is 22.4 Å². The van der Waals surface area contributed by atoms with Gasteiger partial charge in [-0.05, 0) is 36.4 Å². The summed E-state index contributed by atoms with van der Waals surface area (Å²) in [4.78, 5) is 15.8. The van der Waals surface area contributed by atoms with Crippen molar-refractivity contribution in [2.75, 3.05) is 16.6 Å². The molecule has 2 aromatic carbocycles. The second-order valence-corrected chi connectivity index (χ2v) is 7.84. The summed E-state index contributed by atoms with van der Waals surface area (Å²) in [5, 5.41) is 4.49. The number of thiazole rings is 1. The van der Waals surface area contributed by atoms with E-state index in [9.17, 15) is 17.6 Å². The number of anilines is 2. The minimum atomic E-state index is -3.75. The Labute approximate surface area is 158 Å². The van der Waals surface area contributed by atoms with Crippen LogP contribution in [0.5, 0.6) is 5.75 Å². The van der Waals surface area contributed by atoms with Crippen molar-refractivity contribution in [3.63, 3.8) is 0 Å². The number of aromatic nitrogens is 1. The molecule has 0 spiro atoms. The molecule has 0 aliphatic carbocycles. The summed E-state index contributed by atoms with van der Waals surface area (Å²) in [5.41, 5.74) is 0.399. The fraction of sp³-hybridized carbons (Fsp3) is 0.0588. The van der Waals surface area contributed by atoms with Crippen LogP contribution < -0.4 is 14.8 Å². The van der Waals surface area contributed by atoms with Crippen LogP contribution in [-0.2, 0) is 14.8 Å². The van der Waals surface area contributed by atoms with Gasteiger partial charge < -0.3 is 10.1 Å². The Morgan fingerprint density at radius 1 is 1.19 bits per heavy atom. The number of hydrogen-bond donors (Lipinski definition) is 2. The summed E-state index contributed by atoms with van der Waals surface area (Å²) in [6.45, 7) is -0.310. The van der Waals surface area contributed by atoms with Gasteiger partial charge in [0.15, 0.2) is 11.7 Å². The molecule has 27 heavy (non-hydrogen) atoms. The van der Waals surface area contributed by atoms with E-state index in [1.165, 1.54) is 54.7 Å². The lowest BCUT2D eigenvalue weighted by atomic mass is 10.3. The van der Waals surface area contributed by atoms with Gasteiger partial charge in [-0.3, -0.25) is 9.52 Å². The highest BCUT2D eigenvalue weighted by Crippen LogP contribution is 2.19. The minimum absolute atomic E-state index is 0.0340. The molecule has 0 saturated carbocycles. The maximum Gasteiger partial charge on any atom is 0.263 e. The third-order valence-electron chi connectivity index (χ3n) is 3.27. The van der Waals surface area contributed by atoms with Crippen LogP contribution in [0.15, 0.2) is 65.0 Å². The summed E-state index contributed by atoms with van der Waals surface area (Å²) in [6.07, 6.45) is 1.49. The van der Waals surface area contributed by atoms with Crippen molar-refractivity contribution in [2.45, 2.75) is 4.90 Å². The zero-order valence-corrected chi connectivity index (χ0v) is 15.4. The number of benzene rings is 2. The monoisotopic (exact) mass is 407 g/mol. The number of carbonyl (C=O) groups excluding carboxylic acids is 1. The van der Waals surface area contributed by atoms with Crippen LogP contribution in [0.25, 0.3) is 0 Å². The first kappa shape index (κ1) is 18.8. The average molecular weight is 407 g/mol. The zero-order valence-electron chi connectivity index (χ0n) is 13.8. The van der Waals surface area contributed by atoms with Crippen LogP contribution in [0.3, 0.4) is 0 Å². The number of nitrogens with zero attached hydrogens (tertiary/aromatic N) is 1. The van der Waals surface area contributed by atoms with E-state index in [2.05, 4.69) is 15.0 Å². The van der Waals surface area contributed by atoms with Gasteiger partial charge in [0.2, 0.25) is 0 Å². The van der Waals surface area contributed by atoms with Crippen molar-refractivity contribution in [3.05, 3.63) is 65.9 Å². The Kier molecular flexibility index (Phi) is 5.67. The molecule has 0 aliphatic rings. The van der Waals surface area contributed by atoms with Crippen LogP contribution >= 0.6 is 11.3 Å². The number of sulfonamides is 1. The topological polar surface area (TPSA) is 97.4 Å². The lowest BCUT2D eigenvalue weighted by Gasteiger charge is -2.09. The Morgan fingerprint density at radius 3 is 2.63 bits per heavy atom. The molecule has 0 atom stereocenters. The second kappa shape index (κ2) is 8.14. The van der Waals surface area contributed by atoms with E-state index >= 15 is 0 Å². The molecule has 140 valence electrons. The molecule has 1 amide bonds. The Hall–Kier alpha value is -2.98. The van der Waals surface area contributed by atoms with Gasteiger partial charge in [0, 0.05) is 23.3 Å². The van der Waals surface area contributed by atoms with Crippen molar-refractivity contribution < 1.29 is 22.3 Å². The van der Waals surface area contributed by atoms with Crippen molar-refractivity contribution in [2.24, 2.45) is 0 Å². The molecule has 1 heterocycles. The molecule has 0 bridgehead atoms. The molecule has 0 radical (unpaired) electrons. The van der Waals surface area contributed by atoms with Gasteiger partial charge in [0.25, 0.3) is 15.9 Å². The first-order valence-electron chi connectivity index (χ1n) is 7.63. The van der Waals surface area contributed by atoms with E-state index in [1.54, 1.807) is 5.38 Å². The highest BCUT2D eigenvalue weighted by molar-refractivity contribution is 7.93. The number of carbonyl (C=O) groups is 1.